The molecule has 2 amide bonds. The van der Waals surface area contributed by atoms with Crippen LogP contribution in [0.3, 0.4) is 0 Å². The molecule has 0 spiro atoms. The first-order valence-corrected chi connectivity index (χ1v) is 15.5. The van der Waals surface area contributed by atoms with Gasteiger partial charge in [-0.25, -0.2) is 28.3 Å². The number of carbonyl (C=O) groups is 3. The van der Waals surface area contributed by atoms with E-state index in [1.54, 1.807) is 63.2 Å². The topological polar surface area (TPSA) is 141 Å². The smallest absolute Gasteiger partial charge is 0.408 e. The van der Waals surface area contributed by atoms with Crippen LogP contribution < -0.4 is 20.1 Å². The summed E-state index contributed by atoms with van der Waals surface area (Å²) in [6, 6.07) is 15.0. The average molecular weight is 690 g/mol. The maximum atomic E-state index is 14.9. The van der Waals surface area contributed by atoms with Crippen LogP contribution in [0.15, 0.2) is 60.7 Å². The molecule has 0 radical (unpaired) electrons. The predicted octanol–water partition coefficient (Wildman–Crippen LogP) is 6.25. The van der Waals surface area contributed by atoms with E-state index in [4.69, 9.17) is 18.9 Å². The van der Waals surface area contributed by atoms with E-state index in [1.165, 1.54) is 39.2 Å². The molecule has 1 aliphatic rings. The number of alkyl carbamates (subject to hydrolysis) is 1. The lowest BCUT2D eigenvalue weighted by atomic mass is 9.92. The number of ether oxygens (including phenoxy) is 4. The van der Waals surface area contributed by atoms with E-state index in [1.807, 2.05) is 0 Å². The van der Waals surface area contributed by atoms with Gasteiger partial charge in [0, 0.05) is 17.3 Å². The summed E-state index contributed by atoms with van der Waals surface area (Å²) in [5, 5.41) is 5.67. The summed E-state index contributed by atoms with van der Waals surface area (Å²) in [7, 11) is 4.24. The summed E-state index contributed by atoms with van der Waals surface area (Å²) in [6.45, 7) is 6.71. The lowest BCUT2D eigenvalue weighted by Crippen LogP contribution is -2.51. The monoisotopic (exact) mass is 689 g/mol. The largest absolute Gasteiger partial charge is 0.497 e. The first kappa shape index (κ1) is 35.5. The van der Waals surface area contributed by atoms with Crippen molar-refractivity contribution in [2.45, 2.75) is 51.9 Å². The molecule has 0 unspecified atom stereocenters. The Bertz CT molecular complexity index is 1930. The Morgan fingerprint density at radius 1 is 0.900 bits per heavy atom. The molecule has 5 rings (SSSR count). The number of benzene rings is 3. The summed E-state index contributed by atoms with van der Waals surface area (Å²) >= 11 is 0. The van der Waals surface area contributed by atoms with Gasteiger partial charge in [0.25, 0.3) is 5.91 Å². The third-order valence-corrected chi connectivity index (χ3v) is 7.94. The Labute approximate surface area is 287 Å². The number of hydrogen-bond donors (Lipinski definition) is 2. The quantitative estimate of drug-likeness (QED) is 0.184. The fourth-order valence-electron chi connectivity index (χ4n) is 5.46. The molecule has 0 saturated heterocycles. The second-order valence-electron chi connectivity index (χ2n) is 12.6. The van der Waals surface area contributed by atoms with Crippen molar-refractivity contribution in [1.82, 2.24) is 20.2 Å². The lowest BCUT2D eigenvalue weighted by molar-refractivity contribution is -0.148. The molecule has 0 bridgehead atoms. The van der Waals surface area contributed by atoms with Crippen LogP contribution in [0.2, 0.25) is 0 Å². The molecule has 2 heterocycles. The van der Waals surface area contributed by atoms with E-state index in [0.717, 1.165) is 12.1 Å². The Morgan fingerprint density at radius 3 is 2.18 bits per heavy atom. The fraction of sp³-hybridized carbons (Fsp3) is 0.306. The minimum absolute atomic E-state index is 0.0113. The molecule has 1 aliphatic heterocycles. The summed E-state index contributed by atoms with van der Waals surface area (Å²) in [6.07, 6.45) is -0.826. The number of hydrogen-bond acceptors (Lipinski definition) is 10. The molecule has 1 aromatic heterocycles. The number of amides is 2. The second-order valence-corrected chi connectivity index (χ2v) is 12.6. The Balaban J connectivity index is 1.51. The minimum atomic E-state index is -1.62. The van der Waals surface area contributed by atoms with Crippen molar-refractivity contribution in [2.75, 3.05) is 26.6 Å². The number of nitrogens with zero attached hydrogens (tertiary/aromatic N) is 3. The van der Waals surface area contributed by atoms with Crippen molar-refractivity contribution < 1.29 is 42.1 Å². The van der Waals surface area contributed by atoms with Gasteiger partial charge in [0.1, 0.15) is 40.1 Å². The Kier molecular flexibility index (Phi) is 9.93. The molecule has 0 aliphatic carbocycles. The number of fused-ring (bicyclic) bond motifs is 1. The summed E-state index contributed by atoms with van der Waals surface area (Å²) in [5.41, 5.74) is -1.05. The van der Waals surface area contributed by atoms with Crippen molar-refractivity contribution in [1.29, 1.82) is 0 Å². The SMILES string of the molecule is COC(=O)[C@](C)(NC(=O)OC(C)(C)C)c1ccc(Nc2nc(-c3c(F)cccc3F)nc3c2C(=O)N(Cc2ccc(OC)cc2OC)C3)cc1. The van der Waals surface area contributed by atoms with E-state index in [2.05, 4.69) is 20.6 Å². The van der Waals surface area contributed by atoms with Gasteiger partial charge in [0.05, 0.1) is 45.7 Å². The number of anilines is 2. The normalized spacial score (nSPS) is 13.6. The molecule has 50 heavy (non-hydrogen) atoms. The molecule has 4 aromatic rings. The minimum Gasteiger partial charge on any atom is -0.497 e. The van der Waals surface area contributed by atoms with Gasteiger partial charge in [-0.05, 0) is 69.7 Å². The summed E-state index contributed by atoms with van der Waals surface area (Å²) < 4.78 is 51.0. The van der Waals surface area contributed by atoms with Gasteiger partial charge in [-0.15, -0.1) is 0 Å². The first-order valence-electron chi connectivity index (χ1n) is 15.5. The molecule has 3 aromatic carbocycles. The van der Waals surface area contributed by atoms with E-state index in [0.29, 0.717) is 28.3 Å². The molecule has 262 valence electrons. The summed E-state index contributed by atoms with van der Waals surface area (Å²) in [4.78, 5) is 49.8. The zero-order valence-electron chi connectivity index (χ0n) is 28.6. The predicted molar refractivity (Wildman–Crippen MR) is 179 cm³/mol. The van der Waals surface area contributed by atoms with Crippen LogP contribution in [0.1, 0.15) is 54.9 Å². The van der Waals surface area contributed by atoms with E-state index < -0.39 is 46.3 Å². The van der Waals surface area contributed by atoms with Gasteiger partial charge in [-0.2, -0.15) is 0 Å². The first-order chi connectivity index (χ1) is 23.7. The lowest BCUT2D eigenvalue weighted by Gasteiger charge is -2.30. The van der Waals surface area contributed by atoms with Crippen LogP contribution >= 0.6 is 0 Å². The van der Waals surface area contributed by atoms with Gasteiger partial charge in [-0.3, -0.25) is 4.79 Å². The van der Waals surface area contributed by atoms with Crippen molar-refractivity contribution in [3.8, 4) is 22.9 Å². The number of nitrogens with one attached hydrogen (secondary N) is 2. The molecular weight excluding hydrogens is 652 g/mol. The van der Waals surface area contributed by atoms with Crippen LogP contribution in [-0.4, -0.2) is 59.8 Å². The van der Waals surface area contributed by atoms with Crippen LogP contribution in [0.5, 0.6) is 11.5 Å². The molecule has 12 nitrogen and oxygen atoms in total. The average Bonchev–Trinajstić information content (AvgIpc) is 3.38. The van der Waals surface area contributed by atoms with Gasteiger partial charge in [-0.1, -0.05) is 18.2 Å². The maximum absolute atomic E-state index is 14.9. The standard InChI is InChI=1S/C36H37F2N5O7/c1-35(2,3)50-34(46)42-36(4,33(45)49-7)21-12-14-22(15-13-21)39-31-29-26(40-30(41-31)28-24(37)9-8-10-25(28)38)19-43(32(29)44)18-20-11-16-23(47-5)17-27(20)48-6/h8-17H,18-19H2,1-7H3,(H,42,46)(H,39,40,41)/t36-/m1/s1. The fourth-order valence-corrected chi connectivity index (χ4v) is 5.46. The van der Waals surface area contributed by atoms with Crippen molar-refractivity contribution >= 4 is 29.5 Å². The Morgan fingerprint density at radius 2 is 1.58 bits per heavy atom. The molecular formula is C36H37F2N5O7. The van der Waals surface area contributed by atoms with Crippen molar-refractivity contribution in [3.05, 3.63) is 94.7 Å². The highest BCUT2D eigenvalue weighted by Gasteiger charge is 2.40. The number of esters is 1. The van der Waals surface area contributed by atoms with Crippen LogP contribution in [0, 0.1) is 11.6 Å². The van der Waals surface area contributed by atoms with Gasteiger partial charge < -0.3 is 34.5 Å². The van der Waals surface area contributed by atoms with Gasteiger partial charge >= 0.3 is 12.1 Å². The highest BCUT2D eigenvalue weighted by Crippen LogP contribution is 2.36. The third-order valence-electron chi connectivity index (χ3n) is 7.94. The molecule has 14 heteroatoms. The van der Waals surface area contributed by atoms with E-state index in [-0.39, 0.29) is 36.0 Å². The number of halogens is 2. The second kappa shape index (κ2) is 14.0. The van der Waals surface area contributed by atoms with Crippen molar-refractivity contribution in [3.63, 3.8) is 0 Å². The van der Waals surface area contributed by atoms with Crippen molar-refractivity contribution in [2.24, 2.45) is 0 Å². The van der Waals surface area contributed by atoms with Gasteiger partial charge in [0.2, 0.25) is 0 Å². The Hall–Kier alpha value is -5.79. The third kappa shape index (κ3) is 7.28. The van der Waals surface area contributed by atoms with Crippen LogP contribution in [0.4, 0.5) is 25.1 Å². The maximum Gasteiger partial charge on any atom is 0.408 e. The van der Waals surface area contributed by atoms with Gasteiger partial charge in [0.15, 0.2) is 11.4 Å². The molecule has 1 atom stereocenters. The molecule has 0 fully saturated rings. The number of aromatic nitrogens is 2. The highest BCUT2D eigenvalue weighted by atomic mass is 19.1. The van der Waals surface area contributed by atoms with E-state index >= 15 is 0 Å². The van der Waals surface area contributed by atoms with Crippen LogP contribution in [-0.2, 0) is 32.9 Å². The zero-order chi connectivity index (χ0) is 36.4. The summed E-state index contributed by atoms with van der Waals surface area (Å²) in [5.74, 6) is -2.06. The number of rotatable bonds is 10. The number of carbonyl (C=O) groups excluding carboxylic acids is 3. The van der Waals surface area contributed by atoms with Crippen LogP contribution in [0.25, 0.3) is 11.4 Å². The molecule has 2 N–H and O–H groups in total. The molecule has 0 saturated carbocycles. The number of methoxy groups -OCH3 is 3. The highest BCUT2D eigenvalue weighted by molar-refractivity contribution is 6.03. The zero-order valence-corrected chi connectivity index (χ0v) is 28.6. The van der Waals surface area contributed by atoms with E-state index in [9.17, 15) is 23.2 Å².